The van der Waals surface area contributed by atoms with Crippen molar-refractivity contribution in [3.63, 3.8) is 0 Å². The summed E-state index contributed by atoms with van der Waals surface area (Å²) >= 11 is 6.02. The van der Waals surface area contributed by atoms with Gasteiger partial charge in [-0.05, 0) is 43.5 Å². The van der Waals surface area contributed by atoms with Crippen molar-refractivity contribution in [2.24, 2.45) is 5.92 Å². The van der Waals surface area contributed by atoms with Crippen molar-refractivity contribution >= 4 is 22.5 Å². The second-order valence-electron chi connectivity index (χ2n) is 6.28. The van der Waals surface area contributed by atoms with Gasteiger partial charge >= 0.3 is 0 Å². The fourth-order valence-corrected chi connectivity index (χ4v) is 3.13. The summed E-state index contributed by atoms with van der Waals surface area (Å²) in [5, 5.41) is 2.04. The SMILES string of the molecule is Cc1c(C)n(CC(C)C)c2c(-c3ccc(Cl)cc3)nccc12. The summed E-state index contributed by atoms with van der Waals surface area (Å²) in [4.78, 5) is 4.67. The van der Waals surface area contributed by atoms with Crippen molar-refractivity contribution in [3.8, 4) is 11.3 Å². The summed E-state index contributed by atoms with van der Waals surface area (Å²) in [5.41, 5.74) is 6.04. The maximum atomic E-state index is 6.02. The lowest BCUT2D eigenvalue weighted by Gasteiger charge is -2.13. The van der Waals surface area contributed by atoms with E-state index in [9.17, 15) is 0 Å². The van der Waals surface area contributed by atoms with Crippen LogP contribution in [-0.2, 0) is 6.54 Å². The zero-order valence-electron chi connectivity index (χ0n) is 13.5. The molecule has 2 aromatic heterocycles. The summed E-state index contributed by atoms with van der Waals surface area (Å²) in [5.74, 6) is 0.590. The average molecular weight is 313 g/mol. The first kappa shape index (κ1) is 15.1. The van der Waals surface area contributed by atoms with E-state index in [4.69, 9.17) is 11.6 Å². The lowest BCUT2D eigenvalue weighted by molar-refractivity contribution is 0.527. The largest absolute Gasteiger partial charge is 0.343 e. The van der Waals surface area contributed by atoms with Gasteiger partial charge in [-0.1, -0.05) is 37.6 Å². The number of benzene rings is 1. The van der Waals surface area contributed by atoms with Crippen LogP contribution in [0.3, 0.4) is 0 Å². The highest BCUT2D eigenvalue weighted by Crippen LogP contribution is 2.33. The molecule has 114 valence electrons. The molecule has 0 aliphatic rings. The molecule has 2 nitrogen and oxygen atoms in total. The number of rotatable bonds is 3. The number of pyridine rings is 1. The van der Waals surface area contributed by atoms with Crippen LogP contribution in [0.15, 0.2) is 36.5 Å². The van der Waals surface area contributed by atoms with Crippen LogP contribution in [0.4, 0.5) is 0 Å². The van der Waals surface area contributed by atoms with Crippen molar-refractivity contribution in [3.05, 3.63) is 52.8 Å². The highest BCUT2D eigenvalue weighted by Gasteiger charge is 2.16. The number of hydrogen-bond donors (Lipinski definition) is 0. The molecular weight excluding hydrogens is 292 g/mol. The third-order valence-electron chi connectivity index (χ3n) is 4.21. The lowest BCUT2D eigenvalue weighted by Crippen LogP contribution is -2.07. The molecule has 3 aromatic rings. The third-order valence-corrected chi connectivity index (χ3v) is 4.46. The fraction of sp³-hybridized carbons (Fsp3) is 0.316. The molecule has 3 heteroatoms. The number of aryl methyl sites for hydroxylation is 1. The molecule has 1 aromatic carbocycles. The second kappa shape index (κ2) is 5.77. The molecule has 0 bridgehead atoms. The van der Waals surface area contributed by atoms with Gasteiger partial charge in [0.2, 0.25) is 0 Å². The van der Waals surface area contributed by atoms with Crippen LogP contribution in [-0.4, -0.2) is 9.55 Å². The summed E-state index contributed by atoms with van der Waals surface area (Å²) in [6.45, 7) is 9.89. The Morgan fingerprint density at radius 3 is 2.41 bits per heavy atom. The average Bonchev–Trinajstić information content (AvgIpc) is 2.73. The summed E-state index contributed by atoms with van der Waals surface area (Å²) in [6.07, 6.45) is 1.90. The van der Waals surface area contributed by atoms with Crippen LogP contribution in [0.25, 0.3) is 22.2 Å². The molecule has 0 saturated carbocycles. The first-order valence-corrected chi connectivity index (χ1v) is 8.07. The predicted octanol–water partition coefficient (Wildman–Crippen LogP) is 5.63. The monoisotopic (exact) mass is 312 g/mol. The van der Waals surface area contributed by atoms with E-state index in [0.717, 1.165) is 22.8 Å². The molecule has 0 aliphatic heterocycles. The maximum Gasteiger partial charge on any atom is 0.0944 e. The van der Waals surface area contributed by atoms with Gasteiger partial charge in [-0.15, -0.1) is 0 Å². The molecular formula is C19H21ClN2. The molecule has 2 heterocycles. The van der Waals surface area contributed by atoms with Crippen LogP contribution in [0, 0.1) is 19.8 Å². The maximum absolute atomic E-state index is 6.02. The van der Waals surface area contributed by atoms with Gasteiger partial charge in [0.25, 0.3) is 0 Å². The van der Waals surface area contributed by atoms with Gasteiger partial charge < -0.3 is 4.57 Å². The van der Waals surface area contributed by atoms with Crippen molar-refractivity contribution in [2.45, 2.75) is 34.2 Å². The molecule has 0 fully saturated rings. The van der Waals surface area contributed by atoms with Gasteiger partial charge in [-0.2, -0.15) is 0 Å². The van der Waals surface area contributed by atoms with E-state index in [0.29, 0.717) is 5.92 Å². The van der Waals surface area contributed by atoms with E-state index < -0.39 is 0 Å². The minimum Gasteiger partial charge on any atom is -0.343 e. The Hall–Kier alpha value is -1.80. The number of aromatic nitrogens is 2. The zero-order chi connectivity index (χ0) is 15.9. The van der Waals surface area contributed by atoms with Gasteiger partial charge in [-0.3, -0.25) is 4.98 Å². The molecule has 3 rings (SSSR count). The summed E-state index contributed by atoms with van der Waals surface area (Å²) < 4.78 is 2.41. The zero-order valence-corrected chi connectivity index (χ0v) is 14.3. The highest BCUT2D eigenvalue weighted by atomic mass is 35.5. The van der Waals surface area contributed by atoms with Crippen molar-refractivity contribution in [2.75, 3.05) is 0 Å². The van der Waals surface area contributed by atoms with E-state index in [1.807, 2.05) is 30.5 Å². The van der Waals surface area contributed by atoms with Gasteiger partial charge in [0, 0.05) is 34.4 Å². The van der Waals surface area contributed by atoms with E-state index in [1.54, 1.807) is 0 Å². The van der Waals surface area contributed by atoms with Crippen LogP contribution in [0.1, 0.15) is 25.1 Å². The van der Waals surface area contributed by atoms with Crippen molar-refractivity contribution < 1.29 is 0 Å². The quantitative estimate of drug-likeness (QED) is 0.613. The number of halogens is 1. The summed E-state index contributed by atoms with van der Waals surface area (Å²) in [6, 6.07) is 10.1. The van der Waals surface area contributed by atoms with Crippen LogP contribution >= 0.6 is 11.6 Å². The van der Waals surface area contributed by atoms with Crippen LogP contribution in [0.2, 0.25) is 5.02 Å². The Bertz CT molecular complexity index is 814. The van der Waals surface area contributed by atoms with Gasteiger partial charge in [0.15, 0.2) is 0 Å². The Morgan fingerprint density at radius 1 is 1.09 bits per heavy atom. The Morgan fingerprint density at radius 2 is 1.77 bits per heavy atom. The molecule has 0 atom stereocenters. The molecule has 0 spiro atoms. The van der Waals surface area contributed by atoms with E-state index in [-0.39, 0.29) is 0 Å². The Kier molecular flexibility index (Phi) is 3.96. The number of fused-ring (bicyclic) bond motifs is 1. The summed E-state index contributed by atoms with van der Waals surface area (Å²) in [7, 11) is 0. The lowest BCUT2D eigenvalue weighted by atomic mass is 10.1. The minimum atomic E-state index is 0.590. The van der Waals surface area contributed by atoms with E-state index in [2.05, 4.69) is 43.3 Å². The van der Waals surface area contributed by atoms with E-state index >= 15 is 0 Å². The number of nitrogens with zero attached hydrogens (tertiary/aromatic N) is 2. The van der Waals surface area contributed by atoms with Crippen molar-refractivity contribution in [1.29, 1.82) is 0 Å². The van der Waals surface area contributed by atoms with E-state index in [1.165, 1.54) is 22.2 Å². The second-order valence-corrected chi connectivity index (χ2v) is 6.71. The van der Waals surface area contributed by atoms with Crippen LogP contribution in [0.5, 0.6) is 0 Å². The standard InChI is InChI=1S/C19H21ClN2/c1-12(2)11-22-14(4)13(3)17-9-10-21-18(19(17)22)15-5-7-16(20)8-6-15/h5-10,12H,11H2,1-4H3. The molecule has 0 amide bonds. The van der Waals surface area contributed by atoms with Crippen LogP contribution < -0.4 is 0 Å². The normalized spacial score (nSPS) is 11.5. The molecule has 0 radical (unpaired) electrons. The topological polar surface area (TPSA) is 17.8 Å². The first-order valence-electron chi connectivity index (χ1n) is 7.69. The Balaban J connectivity index is 2.31. The van der Waals surface area contributed by atoms with Gasteiger partial charge in [0.1, 0.15) is 0 Å². The third kappa shape index (κ3) is 2.52. The van der Waals surface area contributed by atoms with Crippen molar-refractivity contribution in [1.82, 2.24) is 9.55 Å². The number of hydrogen-bond acceptors (Lipinski definition) is 1. The van der Waals surface area contributed by atoms with Gasteiger partial charge in [0.05, 0.1) is 11.2 Å². The molecule has 22 heavy (non-hydrogen) atoms. The van der Waals surface area contributed by atoms with Gasteiger partial charge in [-0.25, -0.2) is 0 Å². The predicted molar refractivity (Wildman–Crippen MR) is 94.5 cm³/mol. The molecule has 0 unspecified atom stereocenters. The molecule has 0 N–H and O–H groups in total. The fourth-order valence-electron chi connectivity index (χ4n) is 3.01. The molecule has 0 saturated heterocycles. The highest BCUT2D eigenvalue weighted by molar-refractivity contribution is 6.30. The Labute approximate surface area is 136 Å². The smallest absolute Gasteiger partial charge is 0.0944 e. The first-order chi connectivity index (χ1) is 10.5. The minimum absolute atomic E-state index is 0.590. The molecule has 0 aliphatic carbocycles.